The fourth-order valence-electron chi connectivity index (χ4n) is 4.11. The summed E-state index contributed by atoms with van der Waals surface area (Å²) in [6.07, 6.45) is 2.17. The lowest BCUT2D eigenvalue weighted by atomic mass is 10.2. The molecule has 1 fully saturated rings. The van der Waals surface area contributed by atoms with Crippen molar-refractivity contribution in [1.29, 1.82) is 0 Å². The third kappa shape index (κ3) is 4.48. The Hall–Kier alpha value is -4.53. The molecule has 0 radical (unpaired) electrons. The Morgan fingerprint density at radius 1 is 1.00 bits per heavy atom. The van der Waals surface area contributed by atoms with Crippen molar-refractivity contribution in [3.63, 3.8) is 0 Å². The second-order valence-electron chi connectivity index (χ2n) is 8.51. The van der Waals surface area contributed by atoms with Gasteiger partial charge in [0, 0.05) is 11.3 Å². The first kappa shape index (κ1) is 21.0. The number of fused-ring (bicyclic) bond motifs is 1. The van der Waals surface area contributed by atoms with E-state index in [1.165, 1.54) is 0 Å². The maximum atomic E-state index is 13.1. The van der Waals surface area contributed by atoms with Gasteiger partial charge in [0.25, 0.3) is 0 Å². The molecule has 0 spiro atoms. The zero-order chi connectivity index (χ0) is 23.6. The summed E-state index contributed by atoms with van der Waals surface area (Å²) in [6, 6.07) is 25.3. The number of rotatable bonds is 8. The molecule has 6 rings (SSSR count). The Bertz CT molecular complexity index is 1490. The fourth-order valence-corrected chi connectivity index (χ4v) is 4.11. The molecule has 1 aliphatic rings. The molecule has 9 heteroatoms. The predicted octanol–water partition coefficient (Wildman–Crippen LogP) is 4.24. The molecule has 2 aromatic heterocycles. The Morgan fingerprint density at radius 3 is 2.69 bits per heavy atom. The molecular weight excluding hydrogens is 442 g/mol. The van der Waals surface area contributed by atoms with Gasteiger partial charge in [0.05, 0.1) is 17.1 Å². The summed E-state index contributed by atoms with van der Waals surface area (Å²) in [7, 11) is 0. The largest absolute Gasteiger partial charge is 0.486 e. The molecule has 0 atom stereocenters. The summed E-state index contributed by atoms with van der Waals surface area (Å²) in [5, 5.41) is 15.1. The molecular formula is C26H23N7O2. The quantitative estimate of drug-likeness (QED) is 0.368. The van der Waals surface area contributed by atoms with Crippen molar-refractivity contribution < 1.29 is 9.53 Å². The molecule has 35 heavy (non-hydrogen) atoms. The van der Waals surface area contributed by atoms with Crippen molar-refractivity contribution >= 4 is 22.6 Å². The van der Waals surface area contributed by atoms with Crippen molar-refractivity contribution in [3.8, 4) is 17.1 Å². The van der Waals surface area contributed by atoms with E-state index in [2.05, 4.69) is 20.8 Å². The normalized spacial score (nSPS) is 13.1. The number of carbonyl (C=O) groups excluding carboxylic acids is 1. The summed E-state index contributed by atoms with van der Waals surface area (Å²) < 4.78 is 9.67. The maximum Gasteiger partial charge on any atom is 0.244 e. The van der Waals surface area contributed by atoms with Crippen LogP contribution in [0.2, 0.25) is 0 Å². The Balaban J connectivity index is 1.22. The number of aromatic nitrogens is 6. The zero-order valence-corrected chi connectivity index (χ0v) is 18.9. The highest BCUT2D eigenvalue weighted by Gasteiger charge is 2.28. The van der Waals surface area contributed by atoms with Crippen molar-refractivity contribution in [2.45, 2.75) is 32.0 Å². The van der Waals surface area contributed by atoms with Crippen LogP contribution in [0.25, 0.3) is 22.4 Å². The molecule has 174 valence electrons. The van der Waals surface area contributed by atoms with Crippen LogP contribution in [-0.2, 0) is 17.9 Å². The monoisotopic (exact) mass is 465 g/mol. The number of ether oxygens (including phenoxy) is 1. The first-order valence-corrected chi connectivity index (χ1v) is 11.5. The number of hydrogen-bond donors (Lipinski definition) is 1. The third-order valence-electron chi connectivity index (χ3n) is 5.94. The standard InChI is InChI=1S/C26H23N7O2/c34-25(27-19-8-6-7-18(15-19)26-29-30-31-33(26)20-13-14-20)16-32-23-12-5-4-11-22(23)28-24(32)17-35-21-9-2-1-3-10-21/h1-12,15,20H,13-14,16-17H2,(H,27,34). The van der Waals surface area contributed by atoms with Crippen LogP contribution in [0.4, 0.5) is 5.69 Å². The number of amides is 1. The average Bonchev–Trinajstić information content (AvgIpc) is 3.51. The molecule has 0 saturated heterocycles. The van der Waals surface area contributed by atoms with E-state index in [0.29, 0.717) is 23.4 Å². The van der Waals surface area contributed by atoms with Gasteiger partial charge in [-0.15, -0.1) is 5.10 Å². The molecule has 1 N–H and O–H groups in total. The van der Waals surface area contributed by atoms with Crippen LogP contribution in [0.3, 0.4) is 0 Å². The predicted molar refractivity (Wildman–Crippen MR) is 131 cm³/mol. The van der Waals surface area contributed by atoms with E-state index in [1.807, 2.05) is 88.1 Å². The molecule has 1 aliphatic carbocycles. The van der Waals surface area contributed by atoms with Crippen LogP contribution >= 0.6 is 0 Å². The summed E-state index contributed by atoms with van der Waals surface area (Å²) >= 11 is 0. The van der Waals surface area contributed by atoms with Gasteiger partial charge in [-0.25, -0.2) is 9.67 Å². The van der Waals surface area contributed by atoms with Crippen molar-refractivity contribution in [1.82, 2.24) is 29.8 Å². The number of hydrogen-bond acceptors (Lipinski definition) is 6. The minimum Gasteiger partial charge on any atom is -0.486 e. The lowest BCUT2D eigenvalue weighted by Crippen LogP contribution is -2.20. The SMILES string of the molecule is O=C(Cn1c(COc2ccccc2)nc2ccccc21)Nc1cccc(-c2nnnn2C2CC2)c1. The second kappa shape index (κ2) is 9.02. The highest BCUT2D eigenvalue weighted by atomic mass is 16.5. The van der Waals surface area contributed by atoms with E-state index >= 15 is 0 Å². The van der Waals surface area contributed by atoms with E-state index in [4.69, 9.17) is 9.72 Å². The Kier molecular flexibility index (Phi) is 5.42. The van der Waals surface area contributed by atoms with Gasteiger partial charge in [0.1, 0.15) is 24.7 Å². The fraction of sp³-hybridized carbons (Fsp3) is 0.192. The molecule has 1 amide bonds. The molecule has 9 nitrogen and oxygen atoms in total. The van der Waals surface area contributed by atoms with Gasteiger partial charge in [-0.2, -0.15) is 0 Å². The van der Waals surface area contributed by atoms with E-state index < -0.39 is 0 Å². The van der Waals surface area contributed by atoms with Gasteiger partial charge in [-0.3, -0.25) is 4.79 Å². The molecule has 5 aromatic rings. The lowest BCUT2D eigenvalue weighted by Gasteiger charge is -2.12. The first-order chi connectivity index (χ1) is 17.2. The minimum absolute atomic E-state index is 0.109. The van der Waals surface area contributed by atoms with Crippen molar-refractivity contribution in [3.05, 3.63) is 84.7 Å². The van der Waals surface area contributed by atoms with Gasteiger partial charge < -0.3 is 14.6 Å². The van der Waals surface area contributed by atoms with Crippen LogP contribution in [0.5, 0.6) is 5.75 Å². The molecule has 1 saturated carbocycles. The highest BCUT2D eigenvalue weighted by molar-refractivity contribution is 5.92. The lowest BCUT2D eigenvalue weighted by molar-refractivity contribution is -0.116. The van der Waals surface area contributed by atoms with E-state index in [9.17, 15) is 4.79 Å². The van der Waals surface area contributed by atoms with Crippen LogP contribution in [0.15, 0.2) is 78.9 Å². The maximum absolute atomic E-state index is 13.1. The minimum atomic E-state index is -0.159. The van der Waals surface area contributed by atoms with Crippen LogP contribution in [0.1, 0.15) is 24.7 Å². The number of anilines is 1. The summed E-state index contributed by atoms with van der Waals surface area (Å²) in [4.78, 5) is 17.8. The van der Waals surface area contributed by atoms with Crippen LogP contribution in [-0.4, -0.2) is 35.7 Å². The van der Waals surface area contributed by atoms with E-state index in [-0.39, 0.29) is 19.1 Å². The van der Waals surface area contributed by atoms with E-state index in [0.717, 1.165) is 35.2 Å². The molecule has 3 aromatic carbocycles. The number of nitrogens with one attached hydrogen (secondary N) is 1. The number of para-hydroxylation sites is 3. The molecule has 0 aliphatic heterocycles. The van der Waals surface area contributed by atoms with Gasteiger partial charge in [0.2, 0.25) is 5.91 Å². The van der Waals surface area contributed by atoms with Crippen LogP contribution in [0, 0.1) is 0 Å². The zero-order valence-electron chi connectivity index (χ0n) is 18.9. The van der Waals surface area contributed by atoms with Crippen molar-refractivity contribution in [2.75, 3.05) is 5.32 Å². The highest BCUT2D eigenvalue weighted by Crippen LogP contribution is 2.36. The van der Waals surface area contributed by atoms with Gasteiger partial charge in [-0.1, -0.05) is 42.5 Å². The van der Waals surface area contributed by atoms with Gasteiger partial charge in [0.15, 0.2) is 5.82 Å². The summed E-state index contributed by atoms with van der Waals surface area (Å²) in [5.74, 6) is 1.99. The number of benzene rings is 3. The third-order valence-corrected chi connectivity index (χ3v) is 5.94. The molecule has 0 bridgehead atoms. The average molecular weight is 466 g/mol. The van der Waals surface area contributed by atoms with Gasteiger partial charge >= 0.3 is 0 Å². The topological polar surface area (TPSA) is 99.8 Å². The number of tetrazole rings is 1. The molecule has 0 unspecified atom stereocenters. The molecule has 2 heterocycles. The smallest absolute Gasteiger partial charge is 0.244 e. The second-order valence-corrected chi connectivity index (χ2v) is 8.51. The number of nitrogens with zero attached hydrogens (tertiary/aromatic N) is 6. The summed E-state index contributed by atoms with van der Waals surface area (Å²) in [5.41, 5.74) is 3.25. The van der Waals surface area contributed by atoms with E-state index in [1.54, 1.807) is 0 Å². The number of carbonyl (C=O) groups is 1. The Morgan fingerprint density at radius 2 is 1.83 bits per heavy atom. The Labute approximate surface area is 201 Å². The number of imidazole rings is 1. The van der Waals surface area contributed by atoms with Crippen molar-refractivity contribution in [2.24, 2.45) is 0 Å². The summed E-state index contributed by atoms with van der Waals surface area (Å²) in [6.45, 7) is 0.364. The van der Waals surface area contributed by atoms with Crippen LogP contribution < -0.4 is 10.1 Å². The van der Waals surface area contributed by atoms with Gasteiger partial charge in [-0.05, 0) is 59.7 Å². The first-order valence-electron chi connectivity index (χ1n) is 11.5.